The van der Waals surface area contributed by atoms with Crippen LogP contribution in [0.4, 0.5) is 0 Å². The maximum absolute atomic E-state index is 12.5. The number of ether oxygens (including phenoxy) is 1. The van der Waals surface area contributed by atoms with Crippen LogP contribution in [0.2, 0.25) is 0 Å². The summed E-state index contributed by atoms with van der Waals surface area (Å²) in [6.45, 7) is 5.56. The van der Waals surface area contributed by atoms with Gasteiger partial charge < -0.3 is 14.9 Å². The van der Waals surface area contributed by atoms with Crippen LogP contribution in [0.5, 0.6) is 17.2 Å². The first-order chi connectivity index (χ1) is 10.9. The lowest BCUT2D eigenvalue weighted by molar-refractivity contribution is -0.136. The number of rotatable bonds is 5. The third kappa shape index (κ3) is 4.03. The number of carbonyl (C=O) groups is 1. The molecule has 2 rings (SSSR count). The highest BCUT2D eigenvalue weighted by Gasteiger charge is 2.22. The molecule has 0 radical (unpaired) electrons. The quantitative estimate of drug-likeness (QED) is 0.641. The number of phenols is 2. The van der Waals surface area contributed by atoms with Crippen LogP contribution in [0, 0.1) is 13.8 Å². The zero-order chi connectivity index (χ0) is 17.0. The van der Waals surface area contributed by atoms with E-state index in [1.54, 1.807) is 38.1 Å². The molecule has 0 aliphatic heterocycles. The first kappa shape index (κ1) is 16.9. The van der Waals surface area contributed by atoms with Gasteiger partial charge in [0.15, 0.2) is 0 Å². The summed E-state index contributed by atoms with van der Waals surface area (Å²) in [5, 5.41) is 19.2. The molecule has 0 bridgehead atoms. The number of hydrogen-bond acceptors (Lipinski definition) is 4. The largest absolute Gasteiger partial charge is 0.508 e. The molecule has 4 heteroatoms. The molecule has 0 amide bonds. The fourth-order valence-electron chi connectivity index (χ4n) is 2.48. The molecular formula is C19H22O4. The van der Waals surface area contributed by atoms with E-state index in [-0.39, 0.29) is 23.4 Å². The van der Waals surface area contributed by atoms with Gasteiger partial charge in [-0.3, -0.25) is 4.79 Å². The van der Waals surface area contributed by atoms with Crippen molar-refractivity contribution in [3.05, 3.63) is 53.1 Å². The van der Waals surface area contributed by atoms with Crippen molar-refractivity contribution in [2.24, 2.45) is 0 Å². The summed E-state index contributed by atoms with van der Waals surface area (Å²) in [6.07, 6.45) is 1.51. The van der Waals surface area contributed by atoms with Crippen molar-refractivity contribution in [3.63, 3.8) is 0 Å². The predicted molar refractivity (Wildman–Crippen MR) is 89.0 cm³/mol. The second kappa shape index (κ2) is 7.18. The number of hydrogen-bond donors (Lipinski definition) is 2. The number of phenolic OH excluding ortho intramolecular Hbond substituents is 2. The molecule has 2 aromatic carbocycles. The first-order valence-electron chi connectivity index (χ1n) is 7.73. The van der Waals surface area contributed by atoms with Gasteiger partial charge in [0, 0.05) is 0 Å². The molecule has 122 valence electrons. The number of aromatic hydroxyl groups is 2. The number of esters is 1. The molecule has 2 aromatic rings. The summed E-state index contributed by atoms with van der Waals surface area (Å²) in [5.74, 6) is 0.0907. The highest BCUT2D eigenvalue weighted by atomic mass is 16.5. The van der Waals surface area contributed by atoms with E-state index in [4.69, 9.17) is 4.74 Å². The Bertz CT molecular complexity index is 707. The molecule has 0 saturated carbocycles. The lowest BCUT2D eigenvalue weighted by atomic mass is 9.93. The molecule has 0 saturated heterocycles. The van der Waals surface area contributed by atoms with Crippen LogP contribution < -0.4 is 4.74 Å². The number of aryl methyl sites for hydroxylation is 2. The Morgan fingerprint density at radius 2 is 1.65 bits per heavy atom. The molecule has 0 heterocycles. The second-order valence-electron chi connectivity index (χ2n) is 5.76. The average molecular weight is 314 g/mol. The summed E-state index contributed by atoms with van der Waals surface area (Å²) in [5.41, 5.74) is 2.22. The molecule has 0 spiro atoms. The Labute approximate surface area is 136 Å². The molecule has 0 aliphatic carbocycles. The normalized spacial score (nSPS) is 12.0. The van der Waals surface area contributed by atoms with Gasteiger partial charge in [-0.2, -0.15) is 0 Å². The lowest BCUT2D eigenvalue weighted by Gasteiger charge is -2.17. The standard InChI is InChI=1S/C19H22O4/c1-4-5-16(14-6-8-17(20)12(2)10-14)19(22)23-15-7-9-18(21)13(3)11-15/h6-11,16,20-21H,4-5H2,1-3H3. The van der Waals surface area contributed by atoms with E-state index in [0.29, 0.717) is 17.7 Å². The molecule has 1 atom stereocenters. The average Bonchev–Trinajstić information content (AvgIpc) is 2.51. The fraction of sp³-hybridized carbons (Fsp3) is 0.316. The Balaban J connectivity index is 2.23. The van der Waals surface area contributed by atoms with Crippen molar-refractivity contribution in [2.75, 3.05) is 0 Å². The van der Waals surface area contributed by atoms with Crippen molar-refractivity contribution >= 4 is 5.97 Å². The zero-order valence-electron chi connectivity index (χ0n) is 13.7. The van der Waals surface area contributed by atoms with Crippen LogP contribution in [0.3, 0.4) is 0 Å². The molecule has 0 aliphatic rings. The predicted octanol–water partition coefficient (Wildman–Crippen LogP) is 4.20. The summed E-state index contributed by atoms with van der Waals surface area (Å²) < 4.78 is 5.48. The number of benzene rings is 2. The maximum atomic E-state index is 12.5. The number of carbonyl (C=O) groups excluding carboxylic acids is 1. The third-order valence-corrected chi connectivity index (χ3v) is 3.87. The topological polar surface area (TPSA) is 66.8 Å². The van der Waals surface area contributed by atoms with Gasteiger partial charge in [0.1, 0.15) is 17.2 Å². The van der Waals surface area contributed by atoms with Gasteiger partial charge in [0.25, 0.3) is 0 Å². The smallest absolute Gasteiger partial charge is 0.318 e. The lowest BCUT2D eigenvalue weighted by Crippen LogP contribution is -2.19. The van der Waals surface area contributed by atoms with Gasteiger partial charge in [-0.25, -0.2) is 0 Å². The third-order valence-electron chi connectivity index (χ3n) is 3.87. The van der Waals surface area contributed by atoms with Crippen molar-refractivity contribution in [3.8, 4) is 17.2 Å². The van der Waals surface area contributed by atoms with Crippen molar-refractivity contribution in [1.29, 1.82) is 0 Å². The van der Waals surface area contributed by atoms with E-state index in [0.717, 1.165) is 17.5 Å². The Hall–Kier alpha value is -2.49. The minimum absolute atomic E-state index is 0.170. The van der Waals surface area contributed by atoms with Crippen LogP contribution in [0.1, 0.15) is 42.4 Å². The van der Waals surface area contributed by atoms with E-state index < -0.39 is 0 Å². The maximum Gasteiger partial charge on any atom is 0.318 e. The summed E-state index contributed by atoms with van der Waals surface area (Å²) in [7, 11) is 0. The van der Waals surface area contributed by atoms with Crippen molar-refractivity contribution < 1.29 is 19.7 Å². The van der Waals surface area contributed by atoms with Crippen molar-refractivity contribution in [2.45, 2.75) is 39.5 Å². The van der Waals surface area contributed by atoms with E-state index in [2.05, 4.69) is 0 Å². The van der Waals surface area contributed by atoms with Crippen LogP contribution in [-0.2, 0) is 4.79 Å². The van der Waals surface area contributed by atoms with Gasteiger partial charge in [-0.15, -0.1) is 0 Å². The minimum atomic E-state index is -0.381. The SMILES string of the molecule is CCCC(C(=O)Oc1ccc(O)c(C)c1)c1ccc(O)c(C)c1. The first-order valence-corrected chi connectivity index (χ1v) is 7.73. The van der Waals surface area contributed by atoms with Gasteiger partial charge in [0.2, 0.25) is 0 Å². The van der Waals surface area contributed by atoms with Crippen LogP contribution in [-0.4, -0.2) is 16.2 Å². The Kier molecular flexibility index (Phi) is 5.27. The van der Waals surface area contributed by atoms with Gasteiger partial charge in [0.05, 0.1) is 5.92 Å². The summed E-state index contributed by atoms with van der Waals surface area (Å²) in [6, 6.07) is 9.90. The second-order valence-corrected chi connectivity index (χ2v) is 5.76. The van der Waals surface area contributed by atoms with Gasteiger partial charge in [-0.1, -0.05) is 25.5 Å². The molecule has 23 heavy (non-hydrogen) atoms. The summed E-state index contributed by atoms with van der Waals surface area (Å²) >= 11 is 0. The van der Waals surface area contributed by atoms with E-state index in [1.807, 2.05) is 13.0 Å². The molecular weight excluding hydrogens is 292 g/mol. The van der Waals surface area contributed by atoms with E-state index in [9.17, 15) is 15.0 Å². The fourth-order valence-corrected chi connectivity index (χ4v) is 2.48. The van der Waals surface area contributed by atoms with Crippen LogP contribution in [0.25, 0.3) is 0 Å². The molecule has 1 unspecified atom stereocenters. The molecule has 4 nitrogen and oxygen atoms in total. The van der Waals surface area contributed by atoms with E-state index in [1.165, 1.54) is 6.07 Å². The Morgan fingerprint density at radius 3 is 2.22 bits per heavy atom. The van der Waals surface area contributed by atoms with Crippen LogP contribution in [0.15, 0.2) is 36.4 Å². The minimum Gasteiger partial charge on any atom is -0.508 e. The van der Waals surface area contributed by atoms with Crippen LogP contribution >= 0.6 is 0 Å². The highest BCUT2D eigenvalue weighted by molar-refractivity contribution is 5.80. The molecule has 0 aromatic heterocycles. The molecule has 0 fully saturated rings. The highest BCUT2D eigenvalue weighted by Crippen LogP contribution is 2.29. The summed E-state index contributed by atoms with van der Waals surface area (Å²) in [4.78, 5) is 12.5. The van der Waals surface area contributed by atoms with Crippen molar-refractivity contribution in [1.82, 2.24) is 0 Å². The van der Waals surface area contributed by atoms with Gasteiger partial charge >= 0.3 is 5.97 Å². The zero-order valence-corrected chi connectivity index (χ0v) is 13.7. The molecule has 2 N–H and O–H groups in total. The Morgan fingerprint density at radius 1 is 1.04 bits per heavy atom. The van der Waals surface area contributed by atoms with E-state index >= 15 is 0 Å². The monoisotopic (exact) mass is 314 g/mol. The van der Waals surface area contributed by atoms with Gasteiger partial charge in [-0.05, 0) is 61.2 Å².